The molecule has 0 bridgehead atoms. The van der Waals surface area contributed by atoms with Gasteiger partial charge in [-0.1, -0.05) is 31.2 Å². The molecule has 1 aliphatic rings. The van der Waals surface area contributed by atoms with Crippen molar-refractivity contribution in [3.63, 3.8) is 0 Å². The summed E-state index contributed by atoms with van der Waals surface area (Å²) < 4.78 is 0. The summed E-state index contributed by atoms with van der Waals surface area (Å²) in [6, 6.07) is 15.2. The molecule has 3 rings (SSSR count). The van der Waals surface area contributed by atoms with E-state index in [0.717, 1.165) is 17.7 Å². The van der Waals surface area contributed by atoms with Gasteiger partial charge in [-0.15, -0.1) is 0 Å². The summed E-state index contributed by atoms with van der Waals surface area (Å²) in [5, 5.41) is 0. The Morgan fingerprint density at radius 1 is 1.05 bits per heavy atom. The minimum Gasteiger partial charge on any atom is -0.294 e. The maximum absolute atomic E-state index is 12.3. The van der Waals surface area contributed by atoms with Gasteiger partial charge < -0.3 is 0 Å². The van der Waals surface area contributed by atoms with Gasteiger partial charge in [-0.05, 0) is 36.2 Å². The average Bonchev–Trinajstić information content (AvgIpc) is 2.47. The van der Waals surface area contributed by atoms with Crippen LogP contribution in [0.25, 0.3) is 0 Å². The highest BCUT2D eigenvalue weighted by Crippen LogP contribution is 2.34. The van der Waals surface area contributed by atoms with Crippen LogP contribution in [0.4, 0.5) is 11.4 Å². The molecule has 1 aliphatic heterocycles. The first-order valence-electron chi connectivity index (χ1n) is 6.75. The Hall–Kier alpha value is -2.42. The van der Waals surface area contributed by atoms with Gasteiger partial charge in [0.1, 0.15) is 0 Å². The van der Waals surface area contributed by atoms with Crippen molar-refractivity contribution in [2.24, 2.45) is 0 Å². The number of Topliss-reactive ketones (excluding diaryl/α,β-unsaturated/α-hetero) is 1. The van der Waals surface area contributed by atoms with Crippen LogP contribution >= 0.6 is 0 Å². The minimum absolute atomic E-state index is 0.0621. The summed E-state index contributed by atoms with van der Waals surface area (Å²) >= 11 is 0. The number of hydrogen-bond donors (Lipinski definition) is 0. The zero-order valence-electron chi connectivity index (χ0n) is 11.3. The fraction of sp³-hybridized carbons (Fsp3) is 0.176. The molecule has 0 unspecified atom stereocenters. The lowest BCUT2D eigenvalue weighted by molar-refractivity contribution is -0.117. The Morgan fingerprint density at radius 2 is 1.80 bits per heavy atom. The zero-order chi connectivity index (χ0) is 14.1. The SMILES string of the molecule is CCc1ccc2c(c1)N(c1ccccc1)C(=O)CC2=O. The number of rotatable bonds is 2. The van der Waals surface area contributed by atoms with E-state index >= 15 is 0 Å². The third kappa shape index (κ3) is 2.01. The number of carbonyl (C=O) groups is 2. The highest BCUT2D eigenvalue weighted by molar-refractivity contribution is 6.22. The van der Waals surface area contributed by atoms with Crippen molar-refractivity contribution >= 4 is 23.1 Å². The van der Waals surface area contributed by atoms with Crippen LogP contribution in [0.15, 0.2) is 48.5 Å². The van der Waals surface area contributed by atoms with E-state index in [2.05, 4.69) is 6.92 Å². The molecule has 2 aromatic rings. The molecule has 0 aromatic heterocycles. The van der Waals surface area contributed by atoms with Crippen LogP contribution in [0.1, 0.15) is 29.3 Å². The quantitative estimate of drug-likeness (QED) is 0.779. The van der Waals surface area contributed by atoms with E-state index in [1.165, 1.54) is 0 Å². The first-order chi connectivity index (χ1) is 9.70. The topological polar surface area (TPSA) is 37.4 Å². The van der Waals surface area contributed by atoms with E-state index in [1.54, 1.807) is 4.90 Å². The predicted molar refractivity (Wildman–Crippen MR) is 78.4 cm³/mol. The van der Waals surface area contributed by atoms with Gasteiger partial charge >= 0.3 is 0 Å². The fourth-order valence-electron chi connectivity index (χ4n) is 2.52. The molecule has 0 spiro atoms. The standard InChI is InChI=1S/C17H15NO2/c1-2-12-8-9-14-15(10-12)18(17(20)11-16(14)19)13-6-4-3-5-7-13/h3-10H,2,11H2,1H3. The van der Waals surface area contributed by atoms with Gasteiger partial charge in [-0.25, -0.2) is 0 Å². The van der Waals surface area contributed by atoms with Gasteiger partial charge in [0.05, 0.1) is 12.1 Å². The van der Waals surface area contributed by atoms with Crippen molar-refractivity contribution in [3.05, 3.63) is 59.7 Å². The number of nitrogens with zero attached hydrogens (tertiary/aromatic N) is 1. The summed E-state index contributed by atoms with van der Waals surface area (Å²) in [5.41, 5.74) is 3.26. The summed E-state index contributed by atoms with van der Waals surface area (Å²) in [6.07, 6.45) is 0.811. The Balaban J connectivity index is 2.19. The third-order valence-electron chi connectivity index (χ3n) is 3.59. The number of ketones is 1. The molecule has 0 N–H and O–H groups in total. The number of para-hydroxylation sites is 1. The number of aryl methyl sites for hydroxylation is 1. The van der Waals surface area contributed by atoms with Crippen LogP contribution in [0.5, 0.6) is 0 Å². The smallest absolute Gasteiger partial charge is 0.239 e. The van der Waals surface area contributed by atoms with Crippen molar-refractivity contribution in [2.75, 3.05) is 4.90 Å². The first-order valence-corrected chi connectivity index (χ1v) is 6.75. The molecule has 20 heavy (non-hydrogen) atoms. The first kappa shape index (κ1) is 12.6. The van der Waals surface area contributed by atoms with E-state index in [9.17, 15) is 9.59 Å². The van der Waals surface area contributed by atoms with E-state index in [0.29, 0.717) is 11.3 Å². The molecule has 0 atom stereocenters. The Kier molecular flexibility index (Phi) is 3.11. The molecular weight excluding hydrogens is 250 g/mol. The van der Waals surface area contributed by atoms with Crippen molar-refractivity contribution < 1.29 is 9.59 Å². The second-order valence-corrected chi connectivity index (χ2v) is 4.87. The highest BCUT2D eigenvalue weighted by atomic mass is 16.2. The number of amides is 1. The van der Waals surface area contributed by atoms with E-state index in [1.807, 2.05) is 48.5 Å². The molecule has 0 saturated heterocycles. The van der Waals surface area contributed by atoms with Crippen molar-refractivity contribution in [3.8, 4) is 0 Å². The van der Waals surface area contributed by atoms with Crippen molar-refractivity contribution in [1.82, 2.24) is 0 Å². The number of benzene rings is 2. The molecule has 1 amide bonds. The van der Waals surface area contributed by atoms with Crippen molar-refractivity contribution in [1.29, 1.82) is 0 Å². The number of carbonyl (C=O) groups excluding carboxylic acids is 2. The van der Waals surface area contributed by atoms with Crippen molar-refractivity contribution in [2.45, 2.75) is 19.8 Å². The summed E-state index contributed by atoms with van der Waals surface area (Å²) in [7, 11) is 0. The normalized spacial score (nSPS) is 14.3. The molecule has 2 aromatic carbocycles. The average molecular weight is 265 g/mol. The maximum Gasteiger partial charge on any atom is 0.239 e. The van der Waals surface area contributed by atoms with Crippen LogP contribution in [0.3, 0.4) is 0 Å². The highest BCUT2D eigenvalue weighted by Gasteiger charge is 2.30. The second kappa shape index (κ2) is 4.93. The molecule has 3 heteroatoms. The predicted octanol–water partition coefficient (Wildman–Crippen LogP) is 3.50. The zero-order valence-corrected chi connectivity index (χ0v) is 11.3. The van der Waals surface area contributed by atoms with Gasteiger partial charge in [0, 0.05) is 11.3 Å². The molecule has 0 aliphatic carbocycles. The molecule has 100 valence electrons. The molecule has 3 nitrogen and oxygen atoms in total. The van der Waals surface area contributed by atoms with Gasteiger partial charge in [0.15, 0.2) is 5.78 Å². The largest absolute Gasteiger partial charge is 0.294 e. The lowest BCUT2D eigenvalue weighted by Gasteiger charge is -2.29. The van der Waals surface area contributed by atoms with Gasteiger partial charge in [-0.3, -0.25) is 14.5 Å². The lowest BCUT2D eigenvalue weighted by Crippen LogP contribution is -2.33. The van der Waals surface area contributed by atoms with Crippen LogP contribution in [-0.4, -0.2) is 11.7 Å². The molecule has 1 heterocycles. The number of hydrogen-bond acceptors (Lipinski definition) is 2. The molecule has 0 radical (unpaired) electrons. The van der Waals surface area contributed by atoms with Crippen LogP contribution in [0, 0.1) is 0 Å². The van der Waals surface area contributed by atoms with Crippen LogP contribution in [-0.2, 0) is 11.2 Å². The summed E-state index contributed by atoms with van der Waals surface area (Å²) in [6.45, 7) is 2.06. The second-order valence-electron chi connectivity index (χ2n) is 4.87. The Labute approximate surface area is 117 Å². The van der Waals surface area contributed by atoms with Crippen LogP contribution in [0.2, 0.25) is 0 Å². The van der Waals surface area contributed by atoms with Gasteiger partial charge in [0.25, 0.3) is 0 Å². The van der Waals surface area contributed by atoms with Gasteiger partial charge in [0.2, 0.25) is 5.91 Å². The van der Waals surface area contributed by atoms with E-state index < -0.39 is 0 Å². The summed E-state index contributed by atoms with van der Waals surface area (Å²) in [4.78, 5) is 25.9. The Morgan fingerprint density at radius 3 is 2.50 bits per heavy atom. The van der Waals surface area contributed by atoms with E-state index in [4.69, 9.17) is 0 Å². The lowest BCUT2D eigenvalue weighted by atomic mass is 9.96. The summed E-state index contributed by atoms with van der Waals surface area (Å²) in [5.74, 6) is -0.262. The molecular formula is C17H15NO2. The van der Waals surface area contributed by atoms with Crippen LogP contribution < -0.4 is 4.90 Å². The third-order valence-corrected chi connectivity index (χ3v) is 3.59. The molecule has 0 saturated carbocycles. The molecule has 0 fully saturated rings. The monoisotopic (exact) mass is 265 g/mol. The fourth-order valence-corrected chi connectivity index (χ4v) is 2.52. The van der Waals surface area contributed by atoms with E-state index in [-0.39, 0.29) is 18.1 Å². The van der Waals surface area contributed by atoms with Gasteiger partial charge in [-0.2, -0.15) is 0 Å². The number of anilines is 2. The Bertz CT molecular complexity index is 677. The maximum atomic E-state index is 12.3. The minimum atomic E-state index is -0.165. The number of fused-ring (bicyclic) bond motifs is 1.